The summed E-state index contributed by atoms with van der Waals surface area (Å²) in [5, 5.41) is 0. The molecule has 0 saturated heterocycles. The van der Waals surface area contributed by atoms with Gasteiger partial charge in [-0.1, -0.05) is 0 Å². The van der Waals surface area contributed by atoms with Gasteiger partial charge in [0, 0.05) is 0 Å². The van der Waals surface area contributed by atoms with E-state index in [1.54, 1.807) is 0 Å². The number of ketones is 1. The van der Waals surface area contributed by atoms with Crippen LogP contribution in [-0.4, -0.2) is 20.7 Å². The van der Waals surface area contributed by atoms with Crippen LogP contribution in [0.25, 0.3) is 0 Å². The average Bonchev–Trinajstić information content (AvgIpc) is 2.25. The zero-order chi connectivity index (χ0) is 10.7. The minimum atomic E-state index is 0.313. The number of hydrogen-bond donors (Lipinski definition) is 0. The number of rotatable bonds is 2. The van der Waals surface area contributed by atoms with Crippen molar-refractivity contribution < 1.29 is 4.79 Å². The Morgan fingerprint density at radius 2 is 1.93 bits per heavy atom. The Labute approximate surface area is 97.4 Å². The van der Waals surface area contributed by atoms with Crippen LogP contribution in [-0.2, 0) is 4.79 Å². The minimum absolute atomic E-state index is 0.313. The Morgan fingerprint density at radius 1 is 1.20 bits per heavy atom. The van der Waals surface area contributed by atoms with E-state index in [9.17, 15) is 4.79 Å². The van der Waals surface area contributed by atoms with Gasteiger partial charge in [0.25, 0.3) is 0 Å². The van der Waals surface area contributed by atoms with Gasteiger partial charge in [-0.25, -0.2) is 0 Å². The zero-order valence-electron chi connectivity index (χ0n) is 8.98. The second kappa shape index (κ2) is 4.96. The van der Waals surface area contributed by atoms with Crippen LogP contribution in [0.5, 0.6) is 0 Å². The van der Waals surface area contributed by atoms with E-state index in [0.717, 1.165) is 12.8 Å². The van der Waals surface area contributed by atoms with Crippen molar-refractivity contribution >= 4 is 25.2 Å². The van der Waals surface area contributed by atoms with E-state index < -0.39 is 0 Å². The second-order valence-corrected chi connectivity index (χ2v) is 7.08. The first-order valence-electron chi connectivity index (χ1n) is 5.50. The van der Waals surface area contributed by atoms with Crippen LogP contribution < -0.4 is 4.46 Å². The molecule has 0 radical (unpaired) electrons. The molecule has 1 aromatic carbocycles. The number of carbonyl (C=O) groups excluding carboxylic acids is 1. The maximum atomic E-state index is 11.6. The number of benzene rings is 1. The van der Waals surface area contributed by atoms with Crippen LogP contribution in [0.3, 0.4) is 0 Å². The monoisotopic (exact) mass is 268 g/mol. The summed E-state index contributed by atoms with van der Waals surface area (Å²) in [7, 11) is 0. The van der Waals surface area contributed by atoms with Crippen LogP contribution in [0.2, 0.25) is 4.82 Å². The van der Waals surface area contributed by atoms with Gasteiger partial charge in [0.15, 0.2) is 0 Å². The van der Waals surface area contributed by atoms with Gasteiger partial charge < -0.3 is 0 Å². The number of hydrogen-bond acceptors (Lipinski definition) is 1. The standard InChI is InChI=1S/C13H16OSe/c1-10-7-8-12(9-13(10)14)15-11-5-3-2-4-6-11/h2-6,10,12H,7-9H2,1H3. The molecule has 2 unspecified atom stereocenters. The molecule has 1 aromatic rings. The molecule has 0 N–H and O–H groups in total. The first kappa shape index (κ1) is 10.9. The predicted octanol–water partition coefficient (Wildman–Crippen LogP) is 2.19. The van der Waals surface area contributed by atoms with Crippen LogP contribution >= 0.6 is 0 Å². The Hall–Kier alpha value is -0.591. The molecule has 1 saturated carbocycles. The summed E-state index contributed by atoms with van der Waals surface area (Å²) in [5.74, 6) is 0.789. The fourth-order valence-electron chi connectivity index (χ4n) is 1.92. The van der Waals surface area contributed by atoms with Gasteiger partial charge in [-0.3, -0.25) is 0 Å². The van der Waals surface area contributed by atoms with Gasteiger partial charge in [0.2, 0.25) is 0 Å². The van der Waals surface area contributed by atoms with E-state index in [0.29, 0.717) is 31.5 Å². The second-order valence-electron chi connectivity index (χ2n) is 4.20. The molecule has 1 fully saturated rings. The summed E-state index contributed by atoms with van der Waals surface area (Å²) in [6, 6.07) is 10.6. The van der Waals surface area contributed by atoms with Gasteiger partial charge in [0.05, 0.1) is 0 Å². The van der Waals surface area contributed by atoms with Crippen LogP contribution in [0.1, 0.15) is 26.2 Å². The van der Waals surface area contributed by atoms with E-state index in [2.05, 4.69) is 31.2 Å². The van der Waals surface area contributed by atoms with Crippen molar-refractivity contribution in [1.82, 2.24) is 0 Å². The van der Waals surface area contributed by atoms with E-state index in [4.69, 9.17) is 0 Å². The van der Waals surface area contributed by atoms with E-state index in [1.165, 1.54) is 10.9 Å². The third-order valence-corrected chi connectivity index (χ3v) is 5.63. The molecule has 2 rings (SSSR count). The van der Waals surface area contributed by atoms with Crippen molar-refractivity contribution in [2.45, 2.75) is 31.0 Å². The Kier molecular flexibility index (Phi) is 3.61. The van der Waals surface area contributed by atoms with Crippen molar-refractivity contribution in [3.63, 3.8) is 0 Å². The van der Waals surface area contributed by atoms with E-state index >= 15 is 0 Å². The normalized spacial score (nSPS) is 26.6. The Bertz CT molecular complexity index is 334. The maximum absolute atomic E-state index is 11.6. The fourth-order valence-corrected chi connectivity index (χ4v) is 4.44. The summed E-state index contributed by atoms with van der Waals surface area (Å²) in [5.41, 5.74) is 0. The summed E-state index contributed by atoms with van der Waals surface area (Å²) < 4.78 is 1.43. The van der Waals surface area contributed by atoms with Crippen LogP contribution in [0.4, 0.5) is 0 Å². The third-order valence-electron chi connectivity index (χ3n) is 2.95. The zero-order valence-corrected chi connectivity index (χ0v) is 10.7. The van der Waals surface area contributed by atoms with Crippen molar-refractivity contribution in [3.05, 3.63) is 30.3 Å². The van der Waals surface area contributed by atoms with Crippen molar-refractivity contribution in [3.8, 4) is 0 Å². The molecule has 0 amide bonds. The molecular weight excluding hydrogens is 251 g/mol. The van der Waals surface area contributed by atoms with Gasteiger partial charge >= 0.3 is 97.2 Å². The third kappa shape index (κ3) is 2.93. The molecule has 1 aliphatic rings. The topological polar surface area (TPSA) is 17.1 Å². The molecule has 80 valence electrons. The van der Waals surface area contributed by atoms with Crippen LogP contribution in [0.15, 0.2) is 30.3 Å². The van der Waals surface area contributed by atoms with E-state index in [1.807, 2.05) is 6.07 Å². The van der Waals surface area contributed by atoms with Crippen molar-refractivity contribution in [1.29, 1.82) is 0 Å². The fraction of sp³-hybridized carbons (Fsp3) is 0.462. The molecular formula is C13H16OSe. The quantitative estimate of drug-likeness (QED) is 0.751. The summed E-state index contributed by atoms with van der Waals surface area (Å²) in [6.45, 7) is 2.06. The molecule has 0 heterocycles. The summed E-state index contributed by atoms with van der Waals surface area (Å²) >= 11 is 0.483. The molecule has 2 atom stereocenters. The molecule has 15 heavy (non-hydrogen) atoms. The predicted molar refractivity (Wildman–Crippen MR) is 63.6 cm³/mol. The molecule has 1 nitrogen and oxygen atoms in total. The van der Waals surface area contributed by atoms with Crippen LogP contribution in [0, 0.1) is 5.92 Å². The average molecular weight is 267 g/mol. The summed E-state index contributed by atoms with van der Waals surface area (Å²) in [4.78, 5) is 12.2. The van der Waals surface area contributed by atoms with Crippen molar-refractivity contribution in [2.24, 2.45) is 5.92 Å². The summed E-state index contributed by atoms with van der Waals surface area (Å²) in [6.07, 6.45) is 3.15. The molecule has 2 heteroatoms. The van der Waals surface area contributed by atoms with Crippen molar-refractivity contribution in [2.75, 3.05) is 0 Å². The van der Waals surface area contributed by atoms with Gasteiger partial charge in [-0.2, -0.15) is 0 Å². The molecule has 0 aromatic heterocycles. The number of Topliss-reactive ketones (excluding diaryl/α,β-unsaturated/α-hetero) is 1. The van der Waals surface area contributed by atoms with Gasteiger partial charge in [-0.05, 0) is 0 Å². The molecule has 0 aliphatic heterocycles. The van der Waals surface area contributed by atoms with Gasteiger partial charge in [0.1, 0.15) is 0 Å². The van der Waals surface area contributed by atoms with Gasteiger partial charge in [-0.15, -0.1) is 0 Å². The molecule has 0 bridgehead atoms. The first-order chi connectivity index (χ1) is 7.25. The number of carbonyl (C=O) groups is 1. The first-order valence-corrected chi connectivity index (χ1v) is 7.34. The van der Waals surface area contributed by atoms with E-state index in [-0.39, 0.29) is 0 Å². The molecule has 0 spiro atoms. The Balaban J connectivity index is 1.94. The molecule has 1 aliphatic carbocycles. The Morgan fingerprint density at radius 3 is 2.60 bits per heavy atom. The SMILES string of the molecule is CC1CCC([Se]c2ccccc2)CC1=O.